The van der Waals surface area contributed by atoms with Gasteiger partial charge in [0, 0.05) is 28.8 Å². The number of rotatable bonds is 6. The van der Waals surface area contributed by atoms with Gasteiger partial charge in [0.1, 0.15) is 17.6 Å². The van der Waals surface area contributed by atoms with Crippen LogP contribution in [-0.2, 0) is 9.53 Å². The second kappa shape index (κ2) is 10.7. The van der Waals surface area contributed by atoms with Gasteiger partial charge in [0.15, 0.2) is 4.80 Å². The molecule has 204 valence electrons. The number of aromatic nitrogens is 1. The van der Waals surface area contributed by atoms with Crippen molar-refractivity contribution in [2.75, 3.05) is 0 Å². The Morgan fingerprint density at radius 1 is 1.20 bits per heavy atom. The summed E-state index contributed by atoms with van der Waals surface area (Å²) >= 11 is 7.73. The van der Waals surface area contributed by atoms with Gasteiger partial charge in [-0.3, -0.25) is 19.5 Å². The lowest BCUT2D eigenvalue weighted by molar-refractivity contribution is -0.384. The number of allylic oxidation sites excluding steroid dienone is 1. The Balaban J connectivity index is 1.62. The molecular formula is C29H24ClN3O6S. The third-order valence-electron chi connectivity index (χ3n) is 6.37. The topological polar surface area (TPSA) is 117 Å². The number of hydrogen-bond acceptors (Lipinski definition) is 8. The maximum absolute atomic E-state index is 13.8. The molecule has 1 aliphatic heterocycles. The van der Waals surface area contributed by atoms with E-state index in [0.29, 0.717) is 48.3 Å². The van der Waals surface area contributed by atoms with Crippen LogP contribution in [0, 0.1) is 17.0 Å². The van der Waals surface area contributed by atoms with Gasteiger partial charge in [-0.1, -0.05) is 41.1 Å². The zero-order valence-corrected chi connectivity index (χ0v) is 23.6. The van der Waals surface area contributed by atoms with E-state index >= 15 is 0 Å². The van der Waals surface area contributed by atoms with Crippen LogP contribution in [0.5, 0.6) is 0 Å². The molecule has 40 heavy (non-hydrogen) atoms. The van der Waals surface area contributed by atoms with E-state index in [0.717, 1.165) is 0 Å². The fraction of sp³-hybridized carbons (Fsp3) is 0.207. The summed E-state index contributed by atoms with van der Waals surface area (Å²) in [6.45, 7) is 6.98. The van der Waals surface area contributed by atoms with Gasteiger partial charge < -0.3 is 9.15 Å². The Bertz CT molecular complexity index is 1880. The van der Waals surface area contributed by atoms with Gasteiger partial charge in [0.25, 0.3) is 11.2 Å². The zero-order chi connectivity index (χ0) is 28.7. The molecule has 0 N–H and O–H groups in total. The van der Waals surface area contributed by atoms with Crippen LogP contribution in [0.2, 0.25) is 5.02 Å². The summed E-state index contributed by atoms with van der Waals surface area (Å²) in [5, 5.41) is 11.5. The molecule has 1 atom stereocenters. The van der Waals surface area contributed by atoms with Crippen molar-refractivity contribution >= 4 is 40.7 Å². The number of carbonyl (C=O) groups is 1. The monoisotopic (exact) mass is 577 g/mol. The first-order chi connectivity index (χ1) is 19.0. The fourth-order valence-corrected chi connectivity index (χ4v) is 5.86. The van der Waals surface area contributed by atoms with Crippen LogP contribution in [0.25, 0.3) is 17.4 Å². The molecule has 1 unspecified atom stereocenters. The van der Waals surface area contributed by atoms with Gasteiger partial charge in [-0.15, -0.1) is 0 Å². The zero-order valence-electron chi connectivity index (χ0n) is 22.0. The first-order valence-corrected chi connectivity index (χ1v) is 13.6. The summed E-state index contributed by atoms with van der Waals surface area (Å²) in [6, 6.07) is 14.2. The number of nitro groups is 1. The van der Waals surface area contributed by atoms with Crippen LogP contribution >= 0.6 is 22.9 Å². The van der Waals surface area contributed by atoms with Crippen molar-refractivity contribution < 1.29 is 18.9 Å². The largest absolute Gasteiger partial charge is 0.459 e. The number of hydrogen-bond donors (Lipinski definition) is 0. The van der Waals surface area contributed by atoms with E-state index in [1.165, 1.54) is 28.0 Å². The Labute approximate surface area is 237 Å². The highest BCUT2D eigenvalue weighted by molar-refractivity contribution is 7.07. The van der Waals surface area contributed by atoms with E-state index in [9.17, 15) is 19.7 Å². The average Bonchev–Trinajstić information content (AvgIpc) is 3.47. The van der Waals surface area contributed by atoms with Gasteiger partial charge in [-0.05, 0) is 63.1 Å². The predicted octanol–water partition coefficient (Wildman–Crippen LogP) is 5.32. The van der Waals surface area contributed by atoms with Crippen molar-refractivity contribution in [2.45, 2.75) is 39.8 Å². The molecule has 0 fully saturated rings. The highest BCUT2D eigenvalue weighted by Gasteiger charge is 2.34. The highest BCUT2D eigenvalue weighted by Crippen LogP contribution is 2.35. The average molecular weight is 578 g/mol. The number of fused-ring (bicyclic) bond motifs is 1. The molecule has 0 aliphatic carbocycles. The minimum absolute atomic E-state index is 0.00542. The van der Waals surface area contributed by atoms with Gasteiger partial charge in [-0.25, -0.2) is 9.79 Å². The molecule has 0 amide bonds. The van der Waals surface area contributed by atoms with Crippen LogP contribution in [0.3, 0.4) is 0 Å². The summed E-state index contributed by atoms with van der Waals surface area (Å²) in [7, 11) is 0. The number of thiazole rings is 1. The van der Waals surface area contributed by atoms with E-state index in [1.54, 1.807) is 76.2 Å². The van der Waals surface area contributed by atoms with Crippen LogP contribution in [0.15, 0.2) is 80.1 Å². The van der Waals surface area contributed by atoms with E-state index in [4.69, 9.17) is 20.8 Å². The maximum atomic E-state index is 13.8. The van der Waals surface area contributed by atoms with Gasteiger partial charge in [-0.2, -0.15) is 0 Å². The molecule has 0 bridgehead atoms. The molecule has 0 radical (unpaired) electrons. The number of esters is 1. The van der Waals surface area contributed by atoms with E-state index in [-0.39, 0.29) is 22.9 Å². The lowest BCUT2D eigenvalue weighted by Crippen LogP contribution is -2.40. The maximum Gasteiger partial charge on any atom is 0.338 e. The van der Waals surface area contributed by atoms with Crippen molar-refractivity contribution in [3.63, 3.8) is 0 Å². The number of non-ortho nitro benzene ring substituents is 1. The summed E-state index contributed by atoms with van der Waals surface area (Å²) < 4.78 is 13.3. The fourth-order valence-electron chi connectivity index (χ4n) is 4.59. The quantitative estimate of drug-likeness (QED) is 0.174. The minimum Gasteiger partial charge on any atom is -0.459 e. The number of nitrogens with zero attached hydrogens (tertiary/aromatic N) is 3. The number of furan rings is 1. The molecule has 11 heteroatoms. The van der Waals surface area contributed by atoms with Crippen LogP contribution in [0.4, 0.5) is 5.69 Å². The molecule has 2 aromatic heterocycles. The Morgan fingerprint density at radius 3 is 2.62 bits per heavy atom. The molecule has 0 saturated heterocycles. The van der Waals surface area contributed by atoms with E-state index < -0.39 is 16.9 Å². The van der Waals surface area contributed by atoms with Crippen molar-refractivity contribution in [3.05, 3.63) is 118 Å². The summed E-state index contributed by atoms with van der Waals surface area (Å²) in [5.41, 5.74) is 2.29. The van der Waals surface area contributed by atoms with E-state index in [1.807, 2.05) is 0 Å². The molecule has 9 nitrogen and oxygen atoms in total. The lowest BCUT2D eigenvalue weighted by Gasteiger charge is -2.26. The SMILES string of the molecule is CC1=C(C(=O)OC(C)C)C(c2ccccc2Cl)n2c(sc(=Cc3ccc(-c4ccc([N+](=O)[O-])cc4C)o3)c2=O)=N1. The summed E-state index contributed by atoms with van der Waals surface area (Å²) in [6.07, 6.45) is 1.25. The molecule has 5 rings (SSSR count). The lowest BCUT2D eigenvalue weighted by atomic mass is 9.96. The third-order valence-corrected chi connectivity index (χ3v) is 7.70. The van der Waals surface area contributed by atoms with Gasteiger partial charge in [0.05, 0.1) is 26.8 Å². The molecule has 3 heterocycles. The van der Waals surface area contributed by atoms with Crippen LogP contribution < -0.4 is 14.9 Å². The van der Waals surface area contributed by atoms with Gasteiger partial charge >= 0.3 is 5.97 Å². The summed E-state index contributed by atoms with van der Waals surface area (Å²) in [4.78, 5) is 42.6. The smallest absolute Gasteiger partial charge is 0.338 e. The molecule has 4 aromatic rings. The number of nitro benzene ring substituents is 1. The first-order valence-electron chi connectivity index (χ1n) is 12.4. The first kappa shape index (κ1) is 27.3. The predicted molar refractivity (Wildman–Crippen MR) is 152 cm³/mol. The number of ether oxygens (including phenoxy) is 1. The third kappa shape index (κ3) is 5.03. The van der Waals surface area contributed by atoms with Crippen molar-refractivity contribution in [3.8, 4) is 11.3 Å². The Morgan fingerprint density at radius 2 is 1.95 bits per heavy atom. The van der Waals surface area contributed by atoms with Crippen LogP contribution in [0.1, 0.15) is 43.7 Å². The van der Waals surface area contributed by atoms with Gasteiger partial charge in [0.2, 0.25) is 0 Å². The second-order valence-electron chi connectivity index (χ2n) is 9.52. The standard InChI is InChI=1S/C29H24ClN3O6S/c1-15(2)38-28(35)25-17(4)31-29-32(26(25)21-7-5-6-8-22(21)30)27(34)24(40-29)14-19-10-12-23(39-19)20-11-9-18(33(36)37)13-16(20)3/h5-15,26H,1-4H3. The number of carbonyl (C=O) groups excluding carboxylic acids is 1. The molecule has 0 saturated carbocycles. The molecular weight excluding hydrogens is 554 g/mol. The highest BCUT2D eigenvalue weighted by atomic mass is 35.5. The Kier molecular flexibility index (Phi) is 7.31. The Hall–Kier alpha value is -4.28. The second-order valence-corrected chi connectivity index (χ2v) is 10.9. The van der Waals surface area contributed by atoms with Crippen molar-refractivity contribution in [1.29, 1.82) is 0 Å². The minimum atomic E-state index is -0.826. The molecule has 2 aromatic carbocycles. The van der Waals surface area contributed by atoms with E-state index in [2.05, 4.69) is 4.99 Å². The normalized spacial score (nSPS) is 15.2. The number of halogens is 1. The molecule has 0 spiro atoms. The molecule has 1 aliphatic rings. The number of aryl methyl sites for hydroxylation is 1. The summed E-state index contributed by atoms with van der Waals surface area (Å²) in [5.74, 6) is 0.363. The van der Waals surface area contributed by atoms with Crippen molar-refractivity contribution in [1.82, 2.24) is 4.57 Å². The van der Waals surface area contributed by atoms with Crippen LogP contribution in [-0.4, -0.2) is 21.6 Å². The van der Waals surface area contributed by atoms with Crippen molar-refractivity contribution in [2.24, 2.45) is 4.99 Å². The number of benzene rings is 2.